The van der Waals surface area contributed by atoms with Crippen molar-refractivity contribution < 1.29 is 0 Å². The molecule has 1 aromatic carbocycles. The van der Waals surface area contributed by atoms with Gasteiger partial charge in [-0.1, -0.05) is 19.9 Å². The van der Waals surface area contributed by atoms with Crippen LogP contribution in [0.15, 0.2) is 24.4 Å². The fraction of sp³-hybridized carbons (Fsp3) is 0.529. The van der Waals surface area contributed by atoms with Crippen LogP contribution in [0.3, 0.4) is 0 Å². The summed E-state index contributed by atoms with van der Waals surface area (Å²) in [4.78, 5) is 3.24. The van der Waals surface area contributed by atoms with Crippen LogP contribution in [0.2, 0.25) is 0 Å². The third kappa shape index (κ3) is 5.73. The van der Waals surface area contributed by atoms with E-state index < -0.39 is 0 Å². The zero-order valence-corrected chi connectivity index (χ0v) is 14.2. The highest BCUT2D eigenvalue weighted by atomic mass is 32.1. The molecule has 0 unspecified atom stereocenters. The summed E-state index contributed by atoms with van der Waals surface area (Å²) in [5.74, 6) is 0.781. The number of nitrogens with one attached hydrogen (secondary N) is 2. The van der Waals surface area contributed by atoms with Gasteiger partial charge in [-0.2, -0.15) is 12.6 Å². The van der Waals surface area contributed by atoms with E-state index in [2.05, 4.69) is 41.1 Å². The molecular formula is C17H29N3S. The van der Waals surface area contributed by atoms with Crippen molar-refractivity contribution in [2.75, 3.05) is 19.6 Å². The normalized spacial score (nSPS) is 13.3. The molecule has 0 radical (unpaired) electrons. The quantitative estimate of drug-likeness (QED) is 0.656. The van der Waals surface area contributed by atoms with E-state index in [9.17, 15) is 0 Å². The second kappa shape index (κ2) is 10.7. The number of aromatic amines is 1. The van der Waals surface area contributed by atoms with Crippen LogP contribution in [0.4, 0.5) is 0 Å². The molecule has 3 nitrogen and oxygen atoms in total. The minimum Gasteiger partial charge on any atom is -0.361 e. The van der Waals surface area contributed by atoms with Gasteiger partial charge in [0.15, 0.2) is 0 Å². The highest BCUT2D eigenvalue weighted by Gasteiger charge is 2.02. The smallest absolute Gasteiger partial charge is 0.0457 e. The Balaban J connectivity index is 0.000000263. The van der Waals surface area contributed by atoms with Gasteiger partial charge in [-0.15, -0.1) is 0 Å². The monoisotopic (exact) mass is 307 g/mol. The average Bonchev–Trinajstić information content (AvgIpc) is 3.23. The Morgan fingerprint density at radius 3 is 2.43 bits per heavy atom. The van der Waals surface area contributed by atoms with Crippen molar-refractivity contribution in [3.63, 3.8) is 0 Å². The van der Waals surface area contributed by atoms with Crippen molar-refractivity contribution in [2.45, 2.75) is 38.9 Å². The van der Waals surface area contributed by atoms with Crippen molar-refractivity contribution in [1.29, 1.82) is 0 Å². The SMILES string of the molecule is C1CCNC1.CC.NCCc1c[nH]c2ccc(CS)cc12. The molecule has 1 fully saturated rings. The Hall–Kier alpha value is -0.970. The summed E-state index contributed by atoms with van der Waals surface area (Å²) in [6, 6.07) is 6.38. The maximum absolute atomic E-state index is 5.55. The lowest BCUT2D eigenvalue weighted by Crippen LogP contribution is -2.03. The van der Waals surface area contributed by atoms with Crippen molar-refractivity contribution in [2.24, 2.45) is 5.73 Å². The molecule has 0 bridgehead atoms. The summed E-state index contributed by atoms with van der Waals surface area (Å²) < 4.78 is 0. The largest absolute Gasteiger partial charge is 0.361 e. The van der Waals surface area contributed by atoms with Gasteiger partial charge in [0.1, 0.15) is 0 Å². The molecule has 21 heavy (non-hydrogen) atoms. The van der Waals surface area contributed by atoms with E-state index in [-0.39, 0.29) is 0 Å². The molecule has 0 saturated carbocycles. The number of thiol groups is 1. The van der Waals surface area contributed by atoms with Gasteiger partial charge in [0, 0.05) is 22.9 Å². The summed E-state index contributed by atoms with van der Waals surface area (Å²) in [6.07, 6.45) is 5.75. The first kappa shape index (κ1) is 18.1. The van der Waals surface area contributed by atoms with Gasteiger partial charge in [-0.3, -0.25) is 0 Å². The number of H-pyrrole nitrogens is 1. The highest BCUT2D eigenvalue weighted by Crippen LogP contribution is 2.20. The van der Waals surface area contributed by atoms with Crippen LogP contribution in [-0.4, -0.2) is 24.6 Å². The minimum atomic E-state index is 0.693. The van der Waals surface area contributed by atoms with Gasteiger partial charge < -0.3 is 16.0 Å². The van der Waals surface area contributed by atoms with Crippen LogP contribution in [0.5, 0.6) is 0 Å². The van der Waals surface area contributed by atoms with Gasteiger partial charge in [0.2, 0.25) is 0 Å². The summed E-state index contributed by atoms with van der Waals surface area (Å²) in [6.45, 7) is 7.19. The van der Waals surface area contributed by atoms with Gasteiger partial charge >= 0.3 is 0 Å². The van der Waals surface area contributed by atoms with Crippen LogP contribution in [0.1, 0.15) is 37.8 Å². The molecular weight excluding hydrogens is 278 g/mol. The number of aromatic nitrogens is 1. The van der Waals surface area contributed by atoms with E-state index >= 15 is 0 Å². The first-order valence-corrected chi connectivity index (χ1v) is 8.59. The molecule has 1 aliphatic heterocycles. The molecule has 1 aliphatic rings. The first-order valence-electron chi connectivity index (χ1n) is 7.95. The van der Waals surface area contributed by atoms with Crippen molar-refractivity contribution in [1.82, 2.24) is 10.3 Å². The topological polar surface area (TPSA) is 53.8 Å². The maximum Gasteiger partial charge on any atom is 0.0457 e. The summed E-state index contributed by atoms with van der Waals surface area (Å²) >= 11 is 4.27. The summed E-state index contributed by atoms with van der Waals surface area (Å²) in [5.41, 5.74) is 9.28. The van der Waals surface area contributed by atoms with Gasteiger partial charge in [0.25, 0.3) is 0 Å². The molecule has 0 aliphatic carbocycles. The van der Waals surface area contributed by atoms with Crippen molar-refractivity contribution in [3.8, 4) is 0 Å². The predicted molar refractivity (Wildman–Crippen MR) is 97.2 cm³/mol. The standard InChI is InChI=1S/C11H14N2S.C4H9N.C2H6/c12-4-3-9-6-13-11-2-1-8(7-14)5-10(9)11;1-2-4-5-3-1;1-2/h1-2,5-6,13-14H,3-4,7,12H2;5H,1-4H2;1-2H3. The number of fused-ring (bicyclic) bond motifs is 1. The van der Waals surface area contributed by atoms with Gasteiger partial charge in [-0.25, -0.2) is 0 Å². The number of rotatable bonds is 3. The lowest BCUT2D eigenvalue weighted by Gasteiger charge is -1.99. The molecule has 3 rings (SSSR count). The zero-order valence-electron chi connectivity index (χ0n) is 13.3. The Morgan fingerprint density at radius 2 is 1.90 bits per heavy atom. The van der Waals surface area contributed by atoms with Crippen LogP contribution in [0.25, 0.3) is 10.9 Å². The average molecular weight is 308 g/mol. The number of nitrogens with two attached hydrogens (primary N) is 1. The van der Waals surface area contributed by atoms with Crippen molar-refractivity contribution in [3.05, 3.63) is 35.5 Å². The lowest BCUT2D eigenvalue weighted by atomic mass is 10.1. The summed E-state index contributed by atoms with van der Waals surface area (Å²) in [7, 11) is 0. The van der Waals surface area contributed by atoms with E-state index in [1.165, 1.54) is 48.0 Å². The molecule has 2 heterocycles. The van der Waals surface area contributed by atoms with E-state index in [1.807, 2.05) is 20.0 Å². The Morgan fingerprint density at radius 1 is 1.19 bits per heavy atom. The Labute approximate surface area is 134 Å². The zero-order chi connectivity index (χ0) is 15.5. The fourth-order valence-electron chi connectivity index (χ4n) is 2.31. The molecule has 0 atom stereocenters. The maximum atomic E-state index is 5.55. The van der Waals surface area contributed by atoms with Crippen LogP contribution in [-0.2, 0) is 12.2 Å². The Kier molecular flexibility index (Phi) is 9.22. The Bertz CT molecular complexity index is 496. The molecule has 1 saturated heterocycles. The molecule has 4 N–H and O–H groups in total. The van der Waals surface area contributed by atoms with Crippen LogP contribution >= 0.6 is 12.6 Å². The number of benzene rings is 1. The minimum absolute atomic E-state index is 0.693. The fourth-order valence-corrected chi connectivity index (χ4v) is 2.51. The van der Waals surface area contributed by atoms with Gasteiger partial charge in [0.05, 0.1) is 0 Å². The van der Waals surface area contributed by atoms with Crippen LogP contribution in [0, 0.1) is 0 Å². The van der Waals surface area contributed by atoms with Crippen molar-refractivity contribution >= 4 is 23.5 Å². The molecule has 0 amide bonds. The van der Waals surface area contributed by atoms with Gasteiger partial charge in [-0.05, 0) is 62.2 Å². The second-order valence-corrected chi connectivity index (χ2v) is 5.16. The van der Waals surface area contributed by atoms with E-state index in [0.29, 0.717) is 6.54 Å². The third-order valence-corrected chi connectivity index (χ3v) is 3.75. The van der Waals surface area contributed by atoms with E-state index in [4.69, 9.17) is 5.73 Å². The molecule has 118 valence electrons. The van der Waals surface area contributed by atoms with Crippen LogP contribution < -0.4 is 11.1 Å². The third-order valence-electron chi connectivity index (χ3n) is 3.39. The first-order chi connectivity index (χ1) is 10.3. The molecule has 4 heteroatoms. The lowest BCUT2D eigenvalue weighted by molar-refractivity contribution is 0.857. The predicted octanol–water partition coefficient (Wildman–Crippen LogP) is 3.49. The summed E-state index contributed by atoms with van der Waals surface area (Å²) in [5, 5.41) is 4.50. The number of hydrogen-bond acceptors (Lipinski definition) is 3. The highest BCUT2D eigenvalue weighted by molar-refractivity contribution is 7.79. The molecule has 0 spiro atoms. The molecule has 1 aromatic heterocycles. The second-order valence-electron chi connectivity index (χ2n) is 4.85. The van der Waals surface area contributed by atoms with E-state index in [0.717, 1.165) is 12.2 Å². The van der Waals surface area contributed by atoms with E-state index in [1.54, 1.807) is 0 Å². The number of hydrogen-bond donors (Lipinski definition) is 4. The molecule has 2 aromatic rings.